The first-order valence-electron chi connectivity index (χ1n) is 7.19. The molecule has 1 saturated heterocycles. The highest BCUT2D eigenvalue weighted by atomic mass is 16.5. The van der Waals surface area contributed by atoms with Crippen LogP contribution in [-0.4, -0.2) is 37.7 Å². The maximum Gasteiger partial charge on any atom is 0.0595 e. The summed E-state index contributed by atoms with van der Waals surface area (Å²) in [4.78, 5) is 2.51. The van der Waals surface area contributed by atoms with Crippen LogP contribution in [0.25, 0.3) is 0 Å². The summed E-state index contributed by atoms with van der Waals surface area (Å²) in [6, 6.07) is 7.01. The highest BCUT2D eigenvalue weighted by Gasteiger charge is 2.26. The normalized spacial score (nSPS) is 19.6. The van der Waals surface area contributed by atoms with Crippen molar-refractivity contribution >= 4 is 0 Å². The minimum Gasteiger partial charge on any atom is -0.381 e. The Hall–Kier alpha value is -0.900. The van der Waals surface area contributed by atoms with Gasteiger partial charge in [0.1, 0.15) is 0 Å². The summed E-state index contributed by atoms with van der Waals surface area (Å²) in [5.74, 6) is 0. The number of nitrogens with zero attached hydrogens (tertiary/aromatic N) is 1. The second-order valence-electron chi connectivity index (χ2n) is 5.58. The van der Waals surface area contributed by atoms with E-state index in [2.05, 4.69) is 36.9 Å². The topological polar surface area (TPSA) is 38.5 Å². The summed E-state index contributed by atoms with van der Waals surface area (Å²) >= 11 is 0. The van der Waals surface area contributed by atoms with Crippen LogP contribution in [-0.2, 0) is 4.74 Å². The van der Waals surface area contributed by atoms with E-state index in [-0.39, 0.29) is 0 Å². The van der Waals surface area contributed by atoms with Crippen LogP contribution in [0.1, 0.15) is 35.6 Å². The molecule has 0 spiro atoms. The number of aryl methyl sites for hydroxylation is 2. The third-order valence-electron chi connectivity index (χ3n) is 4.27. The van der Waals surface area contributed by atoms with Crippen molar-refractivity contribution in [3.05, 3.63) is 34.9 Å². The monoisotopic (exact) mass is 262 g/mol. The summed E-state index contributed by atoms with van der Waals surface area (Å²) < 4.78 is 5.44. The van der Waals surface area contributed by atoms with Gasteiger partial charge in [-0.05, 0) is 37.8 Å². The molecule has 0 aromatic heterocycles. The van der Waals surface area contributed by atoms with Gasteiger partial charge in [0.25, 0.3) is 0 Å². The SMILES string of the molecule is COC1CCN(C(CN)c2cc(C)ccc2C)CC1. The van der Waals surface area contributed by atoms with Crippen LogP contribution in [0.4, 0.5) is 0 Å². The van der Waals surface area contributed by atoms with Crippen molar-refractivity contribution in [2.45, 2.75) is 38.8 Å². The number of piperidine rings is 1. The lowest BCUT2D eigenvalue weighted by Crippen LogP contribution is -2.41. The van der Waals surface area contributed by atoms with E-state index in [0.717, 1.165) is 25.9 Å². The smallest absolute Gasteiger partial charge is 0.0595 e. The average molecular weight is 262 g/mol. The second-order valence-corrected chi connectivity index (χ2v) is 5.58. The maximum atomic E-state index is 6.05. The van der Waals surface area contributed by atoms with Gasteiger partial charge in [0.2, 0.25) is 0 Å². The molecule has 0 amide bonds. The summed E-state index contributed by atoms with van der Waals surface area (Å²) in [5, 5.41) is 0. The van der Waals surface area contributed by atoms with E-state index >= 15 is 0 Å². The zero-order chi connectivity index (χ0) is 13.8. The van der Waals surface area contributed by atoms with Crippen LogP contribution < -0.4 is 5.73 Å². The number of hydrogen-bond donors (Lipinski definition) is 1. The molecule has 0 radical (unpaired) electrons. The van der Waals surface area contributed by atoms with E-state index in [9.17, 15) is 0 Å². The molecule has 2 rings (SSSR count). The second kappa shape index (κ2) is 6.51. The summed E-state index contributed by atoms with van der Waals surface area (Å²) in [5.41, 5.74) is 10.1. The minimum atomic E-state index is 0.345. The van der Waals surface area contributed by atoms with E-state index in [1.807, 2.05) is 7.11 Å². The molecule has 1 aromatic rings. The van der Waals surface area contributed by atoms with Crippen molar-refractivity contribution < 1.29 is 4.74 Å². The Morgan fingerprint density at radius 1 is 1.32 bits per heavy atom. The predicted octanol–water partition coefficient (Wildman–Crippen LogP) is 2.41. The van der Waals surface area contributed by atoms with Crippen LogP contribution in [0.5, 0.6) is 0 Å². The van der Waals surface area contributed by atoms with E-state index in [1.165, 1.54) is 16.7 Å². The molecular formula is C16H26N2O. The Labute approximate surface area is 116 Å². The zero-order valence-electron chi connectivity index (χ0n) is 12.4. The number of hydrogen-bond acceptors (Lipinski definition) is 3. The Kier molecular flexibility index (Phi) is 4.97. The lowest BCUT2D eigenvalue weighted by atomic mass is 9.95. The van der Waals surface area contributed by atoms with Crippen molar-refractivity contribution in [1.82, 2.24) is 4.90 Å². The van der Waals surface area contributed by atoms with Crippen molar-refractivity contribution in [3.8, 4) is 0 Å². The third-order valence-corrected chi connectivity index (χ3v) is 4.27. The predicted molar refractivity (Wildman–Crippen MR) is 79.3 cm³/mol. The lowest BCUT2D eigenvalue weighted by molar-refractivity contribution is 0.0279. The molecule has 1 fully saturated rings. The molecule has 1 aliphatic heterocycles. The van der Waals surface area contributed by atoms with Gasteiger partial charge in [-0.25, -0.2) is 0 Å². The molecular weight excluding hydrogens is 236 g/mol. The van der Waals surface area contributed by atoms with Gasteiger partial charge in [0, 0.05) is 32.8 Å². The maximum absolute atomic E-state index is 6.05. The van der Waals surface area contributed by atoms with Crippen LogP contribution in [0.2, 0.25) is 0 Å². The van der Waals surface area contributed by atoms with Crippen molar-refractivity contribution in [1.29, 1.82) is 0 Å². The first-order chi connectivity index (χ1) is 9.15. The largest absolute Gasteiger partial charge is 0.381 e. The van der Waals surface area contributed by atoms with Gasteiger partial charge in [0.05, 0.1) is 6.10 Å². The van der Waals surface area contributed by atoms with Crippen molar-refractivity contribution in [2.75, 3.05) is 26.7 Å². The van der Waals surface area contributed by atoms with Crippen LogP contribution in [0.15, 0.2) is 18.2 Å². The van der Waals surface area contributed by atoms with E-state index in [1.54, 1.807) is 0 Å². The molecule has 3 heteroatoms. The number of nitrogens with two attached hydrogens (primary N) is 1. The first kappa shape index (κ1) is 14.5. The molecule has 1 unspecified atom stereocenters. The Morgan fingerprint density at radius 3 is 2.58 bits per heavy atom. The first-order valence-corrected chi connectivity index (χ1v) is 7.19. The number of rotatable bonds is 4. The highest BCUT2D eigenvalue weighted by molar-refractivity contribution is 5.33. The summed E-state index contributed by atoms with van der Waals surface area (Å²) in [6.07, 6.45) is 2.64. The molecule has 1 aromatic carbocycles. The van der Waals surface area contributed by atoms with Crippen LogP contribution >= 0.6 is 0 Å². The zero-order valence-corrected chi connectivity index (χ0v) is 12.4. The highest BCUT2D eigenvalue weighted by Crippen LogP contribution is 2.27. The van der Waals surface area contributed by atoms with Gasteiger partial charge in [-0.3, -0.25) is 4.90 Å². The fraction of sp³-hybridized carbons (Fsp3) is 0.625. The molecule has 0 saturated carbocycles. The Balaban J connectivity index is 2.14. The third kappa shape index (κ3) is 3.35. The molecule has 19 heavy (non-hydrogen) atoms. The van der Waals surface area contributed by atoms with E-state index < -0.39 is 0 Å². The number of benzene rings is 1. The van der Waals surface area contributed by atoms with E-state index in [0.29, 0.717) is 18.7 Å². The Morgan fingerprint density at radius 2 is 2.00 bits per heavy atom. The number of methoxy groups -OCH3 is 1. The molecule has 3 nitrogen and oxygen atoms in total. The van der Waals surface area contributed by atoms with Crippen LogP contribution in [0.3, 0.4) is 0 Å². The van der Waals surface area contributed by atoms with Crippen molar-refractivity contribution in [3.63, 3.8) is 0 Å². The molecule has 106 valence electrons. The lowest BCUT2D eigenvalue weighted by Gasteiger charge is -2.37. The van der Waals surface area contributed by atoms with Gasteiger partial charge in [-0.1, -0.05) is 23.8 Å². The van der Waals surface area contributed by atoms with Gasteiger partial charge in [0.15, 0.2) is 0 Å². The number of likely N-dealkylation sites (tertiary alicyclic amines) is 1. The van der Waals surface area contributed by atoms with Gasteiger partial charge in [-0.2, -0.15) is 0 Å². The minimum absolute atomic E-state index is 0.345. The Bertz CT molecular complexity index is 411. The van der Waals surface area contributed by atoms with Gasteiger partial charge in [-0.15, -0.1) is 0 Å². The van der Waals surface area contributed by atoms with Gasteiger partial charge >= 0.3 is 0 Å². The fourth-order valence-electron chi connectivity index (χ4n) is 3.01. The van der Waals surface area contributed by atoms with Crippen molar-refractivity contribution in [2.24, 2.45) is 5.73 Å². The van der Waals surface area contributed by atoms with Gasteiger partial charge < -0.3 is 10.5 Å². The summed E-state index contributed by atoms with van der Waals surface area (Å²) in [6.45, 7) is 7.16. The summed E-state index contributed by atoms with van der Waals surface area (Å²) in [7, 11) is 1.81. The van der Waals surface area contributed by atoms with E-state index in [4.69, 9.17) is 10.5 Å². The molecule has 2 N–H and O–H groups in total. The molecule has 1 heterocycles. The molecule has 0 aliphatic carbocycles. The quantitative estimate of drug-likeness (QED) is 0.905. The fourth-order valence-corrected chi connectivity index (χ4v) is 3.01. The molecule has 0 bridgehead atoms. The molecule has 1 aliphatic rings. The van der Waals surface area contributed by atoms with Crippen LogP contribution in [0, 0.1) is 13.8 Å². The standard InChI is InChI=1S/C16H26N2O/c1-12-4-5-13(2)15(10-12)16(11-17)18-8-6-14(19-3)7-9-18/h4-5,10,14,16H,6-9,11,17H2,1-3H3. The number of ether oxygens (including phenoxy) is 1. The molecule has 1 atom stereocenters. The average Bonchev–Trinajstić information content (AvgIpc) is 2.44.